The quantitative estimate of drug-likeness (QED) is 0.700. The lowest BCUT2D eigenvalue weighted by Gasteiger charge is -2.29. The minimum absolute atomic E-state index is 0.0378. The van der Waals surface area contributed by atoms with E-state index in [1.54, 1.807) is 19.2 Å². The average Bonchev–Trinajstić information content (AvgIpc) is 2.31. The zero-order chi connectivity index (χ0) is 12.4. The smallest absolute Gasteiger partial charge is 0.157 e. The van der Waals surface area contributed by atoms with Gasteiger partial charge in [0.1, 0.15) is 0 Å². The van der Waals surface area contributed by atoms with E-state index in [2.05, 4.69) is 5.32 Å². The summed E-state index contributed by atoms with van der Waals surface area (Å²) in [5.41, 5.74) is 2.17. The van der Waals surface area contributed by atoms with Crippen molar-refractivity contribution in [2.24, 2.45) is 0 Å². The van der Waals surface area contributed by atoms with Crippen LogP contribution in [0.5, 0.6) is 11.5 Å². The first kappa shape index (κ1) is 12.2. The van der Waals surface area contributed by atoms with Crippen LogP contribution < -0.4 is 5.32 Å². The van der Waals surface area contributed by atoms with E-state index in [0.29, 0.717) is 0 Å². The lowest BCUT2D eigenvalue weighted by molar-refractivity contribution is 0.0995. The highest BCUT2D eigenvalue weighted by molar-refractivity contribution is 5.47. The zero-order valence-corrected chi connectivity index (χ0v) is 10.2. The van der Waals surface area contributed by atoms with Gasteiger partial charge in [-0.25, -0.2) is 0 Å². The molecule has 94 valence electrons. The molecule has 1 aromatic carbocycles. The molecule has 0 bridgehead atoms. The summed E-state index contributed by atoms with van der Waals surface area (Å²) >= 11 is 0. The molecular weight excluding hydrogens is 218 g/mol. The molecule has 0 saturated carbocycles. The molecule has 4 nitrogen and oxygen atoms in total. The van der Waals surface area contributed by atoms with Gasteiger partial charge in [0.2, 0.25) is 0 Å². The number of benzene rings is 1. The van der Waals surface area contributed by atoms with Gasteiger partial charge in [0.05, 0.1) is 6.10 Å². The predicted octanol–water partition coefficient (Wildman–Crippen LogP) is 1.71. The number of ether oxygens (including phenoxy) is 1. The Bertz CT molecular complexity index is 406. The van der Waals surface area contributed by atoms with Crippen LogP contribution in [0.25, 0.3) is 0 Å². The Morgan fingerprint density at radius 1 is 1.41 bits per heavy atom. The number of aromatic hydroxyl groups is 2. The zero-order valence-electron chi connectivity index (χ0n) is 10.2. The van der Waals surface area contributed by atoms with Gasteiger partial charge in [0, 0.05) is 13.2 Å². The Hall–Kier alpha value is -1.26. The normalized spacial score (nSPS) is 20.9. The summed E-state index contributed by atoms with van der Waals surface area (Å²) < 4.78 is 5.27. The van der Waals surface area contributed by atoms with Crippen LogP contribution in [0.4, 0.5) is 0 Å². The third kappa shape index (κ3) is 2.53. The average molecular weight is 237 g/mol. The second-order valence-electron chi connectivity index (χ2n) is 4.58. The Morgan fingerprint density at radius 2 is 2.12 bits per heavy atom. The lowest BCUT2D eigenvalue weighted by atomic mass is 9.90. The summed E-state index contributed by atoms with van der Waals surface area (Å²) in [6.07, 6.45) is 1.89. The molecule has 2 atom stereocenters. The van der Waals surface area contributed by atoms with Crippen molar-refractivity contribution in [1.29, 1.82) is 0 Å². The maximum Gasteiger partial charge on any atom is 0.157 e. The summed E-state index contributed by atoms with van der Waals surface area (Å²) in [6, 6.07) is 3.50. The van der Waals surface area contributed by atoms with Gasteiger partial charge >= 0.3 is 0 Å². The monoisotopic (exact) mass is 237 g/mol. The van der Waals surface area contributed by atoms with Crippen LogP contribution in [-0.4, -0.2) is 30.0 Å². The van der Waals surface area contributed by atoms with E-state index >= 15 is 0 Å². The Balaban J connectivity index is 2.27. The van der Waals surface area contributed by atoms with Crippen LogP contribution in [0.2, 0.25) is 0 Å². The summed E-state index contributed by atoms with van der Waals surface area (Å²) in [5.74, 6) is -0.0910. The standard InChI is InChI=1S/C13H19NO3/c1-8(17-2)5-11-10-7-13(16)12(15)6-9(10)3-4-14-11/h6-8,11,14-16H,3-5H2,1-2H3. The number of rotatable bonds is 3. The lowest BCUT2D eigenvalue weighted by Crippen LogP contribution is -2.32. The van der Waals surface area contributed by atoms with E-state index in [0.717, 1.165) is 30.5 Å². The van der Waals surface area contributed by atoms with Gasteiger partial charge < -0.3 is 20.3 Å². The molecule has 0 amide bonds. The number of hydrogen-bond acceptors (Lipinski definition) is 4. The van der Waals surface area contributed by atoms with Gasteiger partial charge in [-0.3, -0.25) is 0 Å². The van der Waals surface area contributed by atoms with Crippen molar-refractivity contribution in [3.8, 4) is 11.5 Å². The second kappa shape index (κ2) is 4.94. The van der Waals surface area contributed by atoms with Gasteiger partial charge in [-0.15, -0.1) is 0 Å². The minimum atomic E-state index is -0.0532. The second-order valence-corrected chi connectivity index (χ2v) is 4.58. The SMILES string of the molecule is COC(C)CC1NCCc2cc(O)c(O)cc21. The van der Waals surface area contributed by atoms with Gasteiger partial charge in [-0.1, -0.05) is 0 Å². The molecular formula is C13H19NO3. The first-order valence-corrected chi connectivity index (χ1v) is 5.92. The van der Waals surface area contributed by atoms with E-state index in [9.17, 15) is 10.2 Å². The third-order valence-corrected chi connectivity index (χ3v) is 3.37. The number of phenolic OH excluding ortho intramolecular Hbond substituents is 2. The molecule has 0 fully saturated rings. The van der Waals surface area contributed by atoms with Crippen LogP contribution in [-0.2, 0) is 11.2 Å². The van der Waals surface area contributed by atoms with Gasteiger partial charge in [-0.2, -0.15) is 0 Å². The van der Waals surface area contributed by atoms with Gasteiger partial charge in [0.25, 0.3) is 0 Å². The molecule has 0 radical (unpaired) electrons. The summed E-state index contributed by atoms with van der Waals surface area (Å²) in [7, 11) is 1.70. The minimum Gasteiger partial charge on any atom is -0.504 e. The van der Waals surface area contributed by atoms with Crippen LogP contribution in [0, 0.1) is 0 Å². The van der Waals surface area contributed by atoms with E-state index in [1.165, 1.54) is 0 Å². The number of phenols is 2. The molecule has 2 unspecified atom stereocenters. The van der Waals surface area contributed by atoms with Crippen molar-refractivity contribution in [2.75, 3.05) is 13.7 Å². The van der Waals surface area contributed by atoms with Gasteiger partial charge in [0.15, 0.2) is 11.5 Å². The number of methoxy groups -OCH3 is 1. The van der Waals surface area contributed by atoms with Crippen LogP contribution >= 0.6 is 0 Å². The van der Waals surface area contributed by atoms with Crippen molar-refractivity contribution < 1.29 is 14.9 Å². The van der Waals surface area contributed by atoms with Crippen molar-refractivity contribution in [3.63, 3.8) is 0 Å². The molecule has 3 N–H and O–H groups in total. The van der Waals surface area contributed by atoms with E-state index in [1.807, 2.05) is 6.92 Å². The Morgan fingerprint density at radius 3 is 2.82 bits per heavy atom. The number of fused-ring (bicyclic) bond motifs is 1. The first-order chi connectivity index (χ1) is 8.11. The number of hydrogen-bond donors (Lipinski definition) is 3. The molecule has 1 aliphatic heterocycles. The fraction of sp³-hybridized carbons (Fsp3) is 0.538. The Labute approximate surface area is 101 Å². The molecule has 0 saturated heterocycles. The molecule has 1 heterocycles. The molecule has 1 aromatic rings. The van der Waals surface area contributed by atoms with Crippen LogP contribution in [0.1, 0.15) is 30.5 Å². The molecule has 4 heteroatoms. The van der Waals surface area contributed by atoms with E-state index < -0.39 is 0 Å². The molecule has 17 heavy (non-hydrogen) atoms. The molecule has 0 aromatic heterocycles. The number of nitrogens with one attached hydrogen (secondary N) is 1. The molecule has 2 rings (SSSR count). The highest BCUT2D eigenvalue weighted by Crippen LogP contribution is 2.35. The van der Waals surface area contributed by atoms with Crippen molar-refractivity contribution in [3.05, 3.63) is 23.3 Å². The summed E-state index contributed by atoms with van der Waals surface area (Å²) in [4.78, 5) is 0. The van der Waals surface area contributed by atoms with E-state index in [4.69, 9.17) is 4.74 Å². The van der Waals surface area contributed by atoms with Crippen LogP contribution in [0.15, 0.2) is 12.1 Å². The maximum atomic E-state index is 9.58. The molecule has 1 aliphatic rings. The highest BCUT2D eigenvalue weighted by atomic mass is 16.5. The predicted molar refractivity (Wildman–Crippen MR) is 65.3 cm³/mol. The summed E-state index contributed by atoms with van der Waals surface area (Å²) in [6.45, 7) is 2.91. The largest absolute Gasteiger partial charge is 0.504 e. The van der Waals surface area contributed by atoms with Crippen molar-refractivity contribution in [1.82, 2.24) is 5.32 Å². The molecule has 0 spiro atoms. The highest BCUT2D eigenvalue weighted by Gasteiger charge is 2.23. The third-order valence-electron chi connectivity index (χ3n) is 3.37. The fourth-order valence-electron chi connectivity index (χ4n) is 2.31. The van der Waals surface area contributed by atoms with Crippen molar-refractivity contribution >= 4 is 0 Å². The first-order valence-electron chi connectivity index (χ1n) is 5.92. The Kier molecular flexibility index (Phi) is 3.54. The fourth-order valence-corrected chi connectivity index (χ4v) is 2.31. The van der Waals surface area contributed by atoms with E-state index in [-0.39, 0.29) is 23.6 Å². The topological polar surface area (TPSA) is 61.7 Å². The van der Waals surface area contributed by atoms with Crippen LogP contribution in [0.3, 0.4) is 0 Å². The molecule has 0 aliphatic carbocycles. The summed E-state index contributed by atoms with van der Waals surface area (Å²) in [5, 5.41) is 22.5. The van der Waals surface area contributed by atoms with Gasteiger partial charge in [-0.05, 0) is 49.6 Å². The van der Waals surface area contributed by atoms with Crippen molar-refractivity contribution in [2.45, 2.75) is 31.9 Å². The maximum absolute atomic E-state index is 9.58.